The molecule has 1 saturated heterocycles. The maximum absolute atomic E-state index is 13.1. The van der Waals surface area contributed by atoms with Gasteiger partial charge in [0.2, 0.25) is 5.91 Å². The Balaban J connectivity index is 1.26. The lowest BCUT2D eigenvalue weighted by atomic mass is 9.96. The minimum Gasteiger partial charge on any atom is -0.342 e. The molecule has 8 heteroatoms. The summed E-state index contributed by atoms with van der Waals surface area (Å²) in [7, 11) is 0. The first kappa shape index (κ1) is 27.1. The van der Waals surface area contributed by atoms with Crippen molar-refractivity contribution in [3.05, 3.63) is 70.9 Å². The topological polar surface area (TPSA) is 94.2 Å². The van der Waals surface area contributed by atoms with E-state index in [1.54, 1.807) is 0 Å². The number of nitrogens with one attached hydrogen (secondary N) is 2. The number of aromatic nitrogens is 3. The zero-order valence-electron chi connectivity index (χ0n) is 24.2. The predicted octanol–water partition coefficient (Wildman–Crippen LogP) is 4.62. The molecule has 8 nitrogen and oxygen atoms in total. The van der Waals surface area contributed by atoms with Crippen molar-refractivity contribution in [3.63, 3.8) is 0 Å². The fourth-order valence-electron chi connectivity index (χ4n) is 5.99. The predicted molar refractivity (Wildman–Crippen MR) is 162 cm³/mol. The molecule has 0 aliphatic carbocycles. The summed E-state index contributed by atoms with van der Waals surface area (Å²) in [6.45, 7) is 10.8. The van der Waals surface area contributed by atoms with Gasteiger partial charge >= 0.3 is 0 Å². The number of carbonyl (C=O) groups is 2. The van der Waals surface area contributed by atoms with Gasteiger partial charge in [0.25, 0.3) is 5.91 Å². The first-order chi connectivity index (χ1) is 19.9. The molecule has 0 radical (unpaired) electrons. The molecule has 1 atom stereocenters. The summed E-state index contributed by atoms with van der Waals surface area (Å²) in [6.07, 6.45) is 4.49. The molecule has 4 heterocycles. The average Bonchev–Trinajstić information content (AvgIpc) is 3.32. The van der Waals surface area contributed by atoms with E-state index in [0.717, 1.165) is 97.4 Å². The third-order valence-corrected chi connectivity index (χ3v) is 8.75. The van der Waals surface area contributed by atoms with Gasteiger partial charge in [-0.25, -0.2) is 4.98 Å². The zero-order valence-corrected chi connectivity index (χ0v) is 24.2. The molecule has 4 aromatic rings. The number of benzene rings is 2. The van der Waals surface area contributed by atoms with E-state index in [0.29, 0.717) is 5.65 Å². The van der Waals surface area contributed by atoms with Crippen molar-refractivity contribution >= 4 is 22.8 Å². The van der Waals surface area contributed by atoms with Gasteiger partial charge < -0.3 is 15.1 Å². The van der Waals surface area contributed by atoms with Crippen molar-refractivity contribution in [3.8, 4) is 22.4 Å². The molecule has 0 spiro atoms. The highest BCUT2D eigenvalue weighted by Gasteiger charge is 2.23. The van der Waals surface area contributed by atoms with Gasteiger partial charge in [0, 0.05) is 73.5 Å². The molecule has 2 aliphatic heterocycles. The first-order valence-corrected chi connectivity index (χ1v) is 14.8. The zero-order chi connectivity index (χ0) is 28.5. The lowest BCUT2D eigenvalue weighted by Crippen LogP contribution is -2.46. The van der Waals surface area contributed by atoms with E-state index in [4.69, 9.17) is 0 Å². The number of carbonyl (C=O) groups excluding carboxylic acids is 2. The van der Waals surface area contributed by atoms with Crippen LogP contribution in [0.1, 0.15) is 47.3 Å². The number of hydrogen-bond donors (Lipinski definition) is 2. The Labute approximate surface area is 241 Å². The molecule has 1 unspecified atom stereocenters. The number of hydrogen-bond acceptors (Lipinski definition) is 5. The molecular weight excluding hydrogens is 512 g/mol. The quantitative estimate of drug-likeness (QED) is 0.378. The lowest BCUT2D eigenvalue weighted by Gasteiger charge is -2.28. The number of piperazine rings is 1. The van der Waals surface area contributed by atoms with Crippen molar-refractivity contribution in [1.29, 1.82) is 0 Å². The highest BCUT2D eigenvalue weighted by molar-refractivity contribution is 5.98. The fourth-order valence-corrected chi connectivity index (χ4v) is 5.99. The monoisotopic (exact) mass is 550 g/mol. The second-order valence-electron chi connectivity index (χ2n) is 11.4. The lowest BCUT2D eigenvalue weighted by molar-refractivity contribution is -0.134. The molecule has 0 bridgehead atoms. The molecule has 212 valence electrons. The van der Waals surface area contributed by atoms with Crippen molar-refractivity contribution in [2.45, 2.75) is 40.0 Å². The van der Waals surface area contributed by atoms with Crippen LogP contribution in [0.4, 0.5) is 0 Å². The molecule has 41 heavy (non-hydrogen) atoms. The van der Waals surface area contributed by atoms with E-state index in [2.05, 4.69) is 57.8 Å². The molecular formula is C33H38N6O2. The van der Waals surface area contributed by atoms with Crippen LogP contribution in [0.3, 0.4) is 0 Å². The van der Waals surface area contributed by atoms with Crippen molar-refractivity contribution in [1.82, 2.24) is 30.3 Å². The Hall–Kier alpha value is -4.04. The van der Waals surface area contributed by atoms with E-state index in [1.807, 2.05) is 42.0 Å². The van der Waals surface area contributed by atoms with Crippen LogP contribution < -0.4 is 5.32 Å². The van der Waals surface area contributed by atoms with Gasteiger partial charge in [0.15, 0.2) is 5.65 Å². The van der Waals surface area contributed by atoms with Gasteiger partial charge in [0.1, 0.15) is 0 Å². The molecule has 2 aromatic carbocycles. The van der Waals surface area contributed by atoms with Crippen LogP contribution in [0.15, 0.2) is 48.7 Å². The summed E-state index contributed by atoms with van der Waals surface area (Å²) < 4.78 is 0. The van der Waals surface area contributed by atoms with E-state index in [-0.39, 0.29) is 17.7 Å². The van der Waals surface area contributed by atoms with E-state index in [1.165, 1.54) is 11.1 Å². The van der Waals surface area contributed by atoms with Crippen molar-refractivity contribution < 1.29 is 9.59 Å². The van der Waals surface area contributed by atoms with Crippen LogP contribution in [0, 0.1) is 12.8 Å². The summed E-state index contributed by atoms with van der Waals surface area (Å²) in [5.41, 5.74) is 8.99. The standard InChI is InChI=1S/C33H38N6O2/c1-4-21(2)32(40)38-13-9-23-5-6-24(18-25(23)10-14-38)27-19-29-30(36-37-31(29)35-20-27)26-7-8-28(22(3)17-26)33(41)39-15-11-34-12-16-39/h5-8,17-21,34H,4,9-16H2,1-3H3,(H,35,36,37). The van der Waals surface area contributed by atoms with Gasteiger partial charge in [-0.15, -0.1) is 0 Å². The molecule has 1 fully saturated rings. The number of aromatic amines is 1. The number of H-pyrrole nitrogens is 1. The summed E-state index contributed by atoms with van der Waals surface area (Å²) in [4.78, 5) is 34.5. The maximum atomic E-state index is 13.1. The summed E-state index contributed by atoms with van der Waals surface area (Å²) in [5, 5.41) is 11.9. The minimum atomic E-state index is 0.0708. The highest BCUT2D eigenvalue weighted by atomic mass is 16.2. The Morgan fingerprint density at radius 2 is 1.66 bits per heavy atom. The second kappa shape index (κ2) is 11.4. The molecule has 2 aromatic heterocycles. The largest absolute Gasteiger partial charge is 0.342 e. The van der Waals surface area contributed by atoms with Crippen LogP contribution in [-0.2, 0) is 17.6 Å². The smallest absolute Gasteiger partial charge is 0.254 e. The second-order valence-corrected chi connectivity index (χ2v) is 11.4. The molecule has 2 N–H and O–H groups in total. The first-order valence-electron chi connectivity index (χ1n) is 14.8. The molecule has 2 amide bonds. The normalized spacial score (nSPS) is 16.4. The molecule has 6 rings (SSSR count). The molecule has 2 aliphatic rings. The Kier molecular flexibility index (Phi) is 7.58. The summed E-state index contributed by atoms with van der Waals surface area (Å²) >= 11 is 0. The third kappa shape index (κ3) is 5.36. The number of pyridine rings is 1. The van der Waals surface area contributed by atoms with Crippen LogP contribution in [-0.4, -0.2) is 76.1 Å². The third-order valence-electron chi connectivity index (χ3n) is 8.75. The Bertz CT molecular complexity index is 1600. The van der Waals surface area contributed by atoms with Crippen LogP contribution in [0.5, 0.6) is 0 Å². The number of nitrogens with zero attached hydrogens (tertiary/aromatic N) is 4. The van der Waals surface area contributed by atoms with E-state index >= 15 is 0 Å². The van der Waals surface area contributed by atoms with Gasteiger partial charge in [-0.05, 0) is 66.6 Å². The van der Waals surface area contributed by atoms with Gasteiger partial charge in [0.05, 0.1) is 5.69 Å². The SMILES string of the molecule is CCC(C)C(=O)N1CCc2ccc(-c3cnc4n[nH]c(-c5ccc(C(=O)N6CCNCC6)c(C)c5)c4c3)cc2CC1. The number of amides is 2. The van der Waals surface area contributed by atoms with Crippen molar-refractivity contribution in [2.75, 3.05) is 39.3 Å². The summed E-state index contributed by atoms with van der Waals surface area (Å²) in [5.74, 6) is 0.421. The van der Waals surface area contributed by atoms with E-state index < -0.39 is 0 Å². The van der Waals surface area contributed by atoms with Gasteiger partial charge in [-0.2, -0.15) is 5.10 Å². The number of rotatable bonds is 5. The fraction of sp³-hybridized carbons (Fsp3) is 0.394. The van der Waals surface area contributed by atoms with Crippen LogP contribution in [0.25, 0.3) is 33.4 Å². The highest BCUT2D eigenvalue weighted by Crippen LogP contribution is 2.32. The number of fused-ring (bicyclic) bond motifs is 2. The minimum absolute atomic E-state index is 0.0708. The van der Waals surface area contributed by atoms with Crippen LogP contribution >= 0.6 is 0 Å². The Morgan fingerprint density at radius 1 is 0.902 bits per heavy atom. The molecule has 0 saturated carbocycles. The summed E-state index contributed by atoms with van der Waals surface area (Å²) in [6, 6.07) is 14.8. The number of aryl methyl sites for hydroxylation is 1. The van der Waals surface area contributed by atoms with Crippen molar-refractivity contribution in [2.24, 2.45) is 5.92 Å². The average molecular weight is 551 g/mol. The van der Waals surface area contributed by atoms with Crippen LogP contribution in [0.2, 0.25) is 0 Å². The Morgan fingerprint density at radius 3 is 2.41 bits per heavy atom. The van der Waals surface area contributed by atoms with Gasteiger partial charge in [-0.1, -0.05) is 38.1 Å². The van der Waals surface area contributed by atoms with Gasteiger partial charge in [-0.3, -0.25) is 14.7 Å². The maximum Gasteiger partial charge on any atom is 0.254 e. The van der Waals surface area contributed by atoms with E-state index in [9.17, 15) is 9.59 Å².